The van der Waals surface area contributed by atoms with E-state index in [1.807, 2.05) is 109 Å². The number of aromatic nitrogens is 3. The van der Waals surface area contributed by atoms with Gasteiger partial charge < -0.3 is 4.74 Å². The first-order chi connectivity index (χ1) is 31.8. The van der Waals surface area contributed by atoms with Gasteiger partial charge >= 0.3 is 0 Å². The minimum Gasteiger partial charge on any atom is -0.370 e. The number of amides is 4. The predicted octanol–water partition coefficient (Wildman–Crippen LogP) is 11.8. The topological polar surface area (TPSA) is 115 Å². The summed E-state index contributed by atoms with van der Waals surface area (Å²) in [6.07, 6.45) is 12.2. The molecule has 3 heterocycles. The third kappa shape index (κ3) is 7.73. The van der Waals surface area contributed by atoms with Crippen molar-refractivity contribution in [1.82, 2.24) is 24.8 Å². The Balaban J connectivity index is 0.905. The molecule has 10 rings (SSSR count). The van der Waals surface area contributed by atoms with Gasteiger partial charge in [0.25, 0.3) is 23.6 Å². The molecule has 0 N–H and O–H groups in total. The van der Waals surface area contributed by atoms with E-state index in [9.17, 15) is 19.2 Å². The molecule has 1 aromatic heterocycles. The van der Waals surface area contributed by atoms with Crippen molar-refractivity contribution in [1.29, 1.82) is 0 Å². The number of benzene rings is 7. The summed E-state index contributed by atoms with van der Waals surface area (Å²) in [5.41, 5.74) is 5.74. The van der Waals surface area contributed by atoms with Crippen LogP contribution in [0.5, 0.6) is 0 Å². The first-order valence-corrected chi connectivity index (χ1v) is 23.4. The van der Waals surface area contributed by atoms with Crippen LogP contribution in [0.4, 0.5) is 0 Å². The van der Waals surface area contributed by atoms with Gasteiger partial charge in [0.1, 0.15) is 5.69 Å². The summed E-state index contributed by atoms with van der Waals surface area (Å²) < 4.78 is 7.59. The number of hydrogen-bond acceptors (Lipinski definition) is 7. The van der Waals surface area contributed by atoms with Crippen molar-refractivity contribution in [2.45, 2.75) is 110 Å². The van der Waals surface area contributed by atoms with E-state index in [0.717, 1.165) is 119 Å². The fraction of sp³-hybridized carbons (Fsp3) is 0.309. The molecule has 0 radical (unpaired) electrons. The number of nitrogens with zero attached hydrogens (tertiary/aromatic N) is 5. The maximum atomic E-state index is 14.5. The molecule has 0 aliphatic carbocycles. The van der Waals surface area contributed by atoms with Crippen LogP contribution >= 0.6 is 0 Å². The quantitative estimate of drug-likeness (QED) is 0.0344. The molecular formula is C55H53N5O5. The molecule has 8 aromatic rings. The Labute approximate surface area is 378 Å². The van der Waals surface area contributed by atoms with E-state index >= 15 is 0 Å². The molecule has 10 nitrogen and oxygen atoms in total. The summed E-state index contributed by atoms with van der Waals surface area (Å²) >= 11 is 0. The van der Waals surface area contributed by atoms with Crippen LogP contribution in [0.3, 0.4) is 0 Å². The molecule has 0 unspecified atom stereocenters. The Kier molecular flexibility index (Phi) is 11.7. The Hall–Kier alpha value is -6.78. The van der Waals surface area contributed by atoms with E-state index in [4.69, 9.17) is 4.74 Å². The summed E-state index contributed by atoms with van der Waals surface area (Å²) in [5, 5.41) is 15.1. The summed E-state index contributed by atoms with van der Waals surface area (Å²) in [7, 11) is 0. The Bertz CT molecular complexity index is 2970. The van der Waals surface area contributed by atoms with Crippen molar-refractivity contribution in [3.05, 3.63) is 154 Å². The number of carbonyl (C=O) groups is 4. The Morgan fingerprint density at radius 2 is 0.985 bits per heavy atom. The van der Waals surface area contributed by atoms with E-state index in [1.54, 1.807) is 9.58 Å². The van der Waals surface area contributed by atoms with E-state index in [1.165, 1.54) is 4.90 Å². The third-order valence-electron chi connectivity index (χ3n) is 13.6. The molecule has 328 valence electrons. The first-order valence-electron chi connectivity index (χ1n) is 23.4. The second kappa shape index (κ2) is 18.0. The van der Waals surface area contributed by atoms with Crippen LogP contribution in [0, 0.1) is 0 Å². The van der Waals surface area contributed by atoms with Gasteiger partial charge in [-0.05, 0) is 86.1 Å². The number of imide groups is 2. The number of ether oxygens (including phenoxy) is 1. The number of fused-ring (bicyclic) bond motifs is 2. The van der Waals surface area contributed by atoms with E-state index in [2.05, 4.69) is 24.2 Å². The molecule has 7 aromatic carbocycles. The standard InChI is InChI=1S/C55H53N5O5/c1-3-5-7-12-16-39(17-13-8-6-4-2)60-54(63)46-28-24-42-40-22-26-44-50-45(27-23-41(48(40)50)43-25-29-47(55(60)64)51(46)49(42)43)53(62)59(52(44)61)31-36-20-18-35(19-21-36)30-58-32-38(56-57-58)34-65-33-37-14-10-9-11-15-37/h9-11,14-15,18-29,32,39H,3-8,12-13,16-17,30-31,33-34H2,1-2H3. The zero-order valence-corrected chi connectivity index (χ0v) is 37.1. The van der Waals surface area contributed by atoms with Crippen LogP contribution in [-0.2, 0) is 31.0 Å². The second-order valence-electron chi connectivity index (χ2n) is 17.9. The lowest BCUT2D eigenvalue weighted by molar-refractivity contribution is 0.0514. The minimum atomic E-state index is -0.342. The Morgan fingerprint density at radius 3 is 1.49 bits per heavy atom. The molecule has 0 fully saturated rings. The van der Waals surface area contributed by atoms with Gasteiger partial charge in [-0.15, -0.1) is 5.10 Å². The molecule has 0 saturated carbocycles. The summed E-state index contributed by atoms with van der Waals surface area (Å²) in [6.45, 7) is 5.88. The molecule has 0 atom stereocenters. The molecule has 0 bridgehead atoms. The minimum absolute atomic E-state index is 0.125. The lowest BCUT2D eigenvalue weighted by atomic mass is 9.82. The molecule has 2 aliphatic rings. The van der Waals surface area contributed by atoms with E-state index < -0.39 is 0 Å². The molecule has 0 saturated heterocycles. The van der Waals surface area contributed by atoms with Crippen molar-refractivity contribution in [3.63, 3.8) is 0 Å². The molecule has 10 heteroatoms. The average Bonchev–Trinajstić information content (AvgIpc) is 3.78. The van der Waals surface area contributed by atoms with Crippen molar-refractivity contribution in [2.24, 2.45) is 0 Å². The highest BCUT2D eigenvalue weighted by Crippen LogP contribution is 2.46. The summed E-state index contributed by atoms with van der Waals surface area (Å²) in [4.78, 5) is 60.7. The van der Waals surface area contributed by atoms with E-state index in [0.29, 0.717) is 52.8 Å². The van der Waals surface area contributed by atoms with Gasteiger partial charge in [0, 0.05) is 39.1 Å². The zero-order chi connectivity index (χ0) is 44.6. The van der Waals surface area contributed by atoms with Crippen LogP contribution in [0.15, 0.2) is 109 Å². The van der Waals surface area contributed by atoms with Crippen molar-refractivity contribution >= 4 is 66.7 Å². The monoisotopic (exact) mass is 863 g/mol. The van der Waals surface area contributed by atoms with Gasteiger partial charge in [0.15, 0.2) is 0 Å². The zero-order valence-electron chi connectivity index (χ0n) is 37.1. The summed E-state index contributed by atoms with van der Waals surface area (Å²) in [6, 6.07) is 33.0. The second-order valence-corrected chi connectivity index (χ2v) is 17.9. The van der Waals surface area contributed by atoms with Crippen molar-refractivity contribution < 1.29 is 23.9 Å². The average molecular weight is 864 g/mol. The number of unbranched alkanes of at least 4 members (excludes halogenated alkanes) is 6. The summed E-state index contributed by atoms with van der Waals surface area (Å²) in [5.74, 6) is -1.11. The molecule has 65 heavy (non-hydrogen) atoms. The van der Waals surface area contributed by atoms with Gasteiger partial charge in [0.05, 0.1) is 32.5 Å². The highest BCUT2D eigenvalue weighted by Gasteiger charge is 2.39. The van der Waals surface area contributed by atoms with Crippen LogP contribution in [0.1, 0.15) is 142 Å². The number of hydrogen-bond donors (Lipinski definition) is 0. The van der Waals surface area contributed by atoms with Gasteiger partial charge in [-0.25, -0.2) is 4.68 Å². The van der Waals surface area contributed by atoms with Crippen LogP contribution in [0.25, 0.3) is 43.1 Å². The lowest BCUT2D eigenvalue weighted by Gasteiger charge is -2.35. The van der Waals surface area contributed by atoms with Crippen LogP contribution in [0.2, 0.25) is 0 Å². The van der Waals surface area contributed by atoms with E-state index in [-0.39, 0.29) is 36.2 Å². The van der Waals surface area contributed by atoms with Gasteiger partial charge in [-0.3, -0.25) is 29.0 Å². The highest BCUT2D eigenvalue weighted by molar-refractivity contribution is 6.41. The predicted molar refractivity (Wildman–Crippen MR) is 254 cm³/mol. The van der Waals surface area contributed by atoms with Gasteiger partial charge in [-0.1, -0.05) is 149 Å². The van der Waals surface area contributed by atoms with Gasteiger partial charge in [0.2, 0.25) is 0 Å². The maximum absolute atomic E-state index is 14.5. The highest BCUT2D eigenvalue weighted by atomic mass is 16.5. The fourth-order valence-electron chi connectivity index (χ4n) is 10.3. The normalized spacial score (nSPS) is 13.9. The fourth-order valence-corrected chi connectivity index (χ4v) is 10.3. The molecule has 2 aliphatic heterocycles. The third-order valence-corrected chi connectivity index (χ3v) is 13.6. The Morgan fingerprint density at radius 1 is 0.492 bits per heavy atom. The SMILES string of the molecule is CCCCCCC(CCCCCC)N1C(=O)c2ccc3c4ccc5c6c(ccc(c7ccc(c2c37)C1=O)c64)C(=O)N(Cc1ccc(Cn2cc(COCc3ccccc3)nn2)cc1)C5=O. The van der Waals surface area contributed by atoms with Crippen LogP contribution < -0.4 is 0 Å². The molecular weight excluding hydrogens is 811 g/mol. The molecule has 4 amide bonds. The van der Waals surface area contributed by atoms with Crippen molar-refractivity contribution in [2.75, 3.05) is 0 Å². The number of rotatable bonds is 19. The van der Waals surface area contributed by atoms with Crippen LogP contribution in [-0.4, -0.2) is 54.5 Å². The molecule has 0 spiro atoms. The van der Waals surface area contributed by atoms with Gasteiger partial charge in [-0.2, -0.15) is 0 Å². The largest absolute Gasteiger partial charge is 0.370 e. The first kappa shape index (κ1) is 42.2. The smallest absolute Gasteiger partial charge is 0.261 e. The lowest BCUT2D eigenvalue weighted by Crippen LogP contribution is -2.47. The van der Waals surface area contributed by atoms with Crippen molar-refractivity contribution in [3.8, 4) is 0 Å². The maximum Gasteiger partial charge on any atom is 0.261 e. The number of carbonyl (C=O) groups excluding carboxylic acids is 4.